The van der Waals surface area contributed by atoms with Gasteiger partial charge in [0, 0.05) is 6.54 Å². The maximum absolute atomic E-state index is 11.7. The van der Waals surface area contributed by atoms with Crippen LogP contribution in [0.5, 0.6) is 0 Å². The Morgan fingerprint density at radius 1 is 1.44 bits per heavy atom. The van der Waals surface area contributed by atoms with Gasteiger partial charge in [-0.15, -0.1) is 6.58 Å². The molecule has 0 aromatic rings. The van der Waals surface area contributed by atoms with Gasteiger partial charge < -0.3 is 10.1 Å². The minimum atomic E-state index is -0.989. The number of hydrogen-bond acceptors (Lipinski definition) is 4. The molecule has 0 atom stereocenters. The second-order valence-corrected chi connectivity index (χ2v) is 3.76. The number of ketones is 1. The Hall–Kier alpha value is -1.65. The molecule has 16 heavy (non-hydrogen) atoms. The van der Waals surface area contributed by atoms with Crippen LogP contribution < -0.4 is 5.32 Å². The predicted molar refractivity (Wildman–Crippen MR) is 56.5 cm³/mol. The van der Waals surface area contributed by atoms with E-state index in [1.807, 2.05) is 0 Å². The fourth-order valence-corrected chi connectivity index (χ4v) is 1.46. The van der Waals surface area contributed by atoms with Gasteiger partial charge >= 0.3 is 5.97 Å². The Morgan fingerprint density at radius 3 is 2.50 bits per heavy atom. The molecule has 0 saturated heterocycles. The summed E-state index contributed by atoms with van der Waals surface area (Å²) in [6.07, 6.45) is 2.22. The Balaban J connectivity index is 2.57. The standard InChI is InChI=1S/C11H15NO4/c1-3-6-12-10(15)11(4-5-11)8(13)7-9(14)16-2/h3H,1,4-7H2,2H3,(H,12,15). The number of carbonyl (C=O) groups excluding carboxylic acids is 3. The van der Waals surface area contributed by atoms with E-state index in [9.17, 15) is 14.4 Å². The predicted octanol–water partition coefficient (Wildman–Crippen LogP) is 0.201. The van der Waals surface area contributed by atoms with Crippen molar-refractivity contribution in [1.82, 2.24) is 5.32 Å². The average Bonchev–Trinajstić information content (AvgIpc) is 3.06. The smallest absolute Gasteiger partial charge is 0.313 e. The van der Waals surface area contributed by atoms with Crippen LogP contribution in [0.3, 0.4) is 0 Å². The van der Waals surface area contributed by atoms with E-state index in [1.165, 1.54) is 7.11 Å². The summed E-state index contributed by atoms with van der Waals surface area (Å²) in [4.78, 5) is 34.3. The fraction of sp³-hybridized carbons (Fsp3) is 0.545. The van der Waals surface area contributed by atoms with Crippen molar-refractivity contribution in [2.75, 3.05) is 13.7 Å². The topological polar surface area (TPSA) is 72.5 Å². The highest BCUT2D eigenvalue weighted by atomic mass is 16.5. The number of nitrogens with one attached hydrogen (secondary N) is 1. The minimum Gasteiger partial charge on any atom is -0.469 e. The SMILES string of the molecule is C=CCNC(=O)C1(C(=O)CC(=O)OC)CC1. The molecule has 1 aliphatic rings. The van der Waals surface area contributed by atoms with Crippen LogP contribution >= 0.6 is 0 Å². The maximum atomic E-state index is 11.7. The number of Topliss-reactive ketones (excluding diaryl/α,β-unsaturated/α-hetero) is 1. The van der Waals surface area contributed by atoms with Crippen molar-refractivity contribution in [3.8, 4) is 0 Å². The van der Waals surface area contributed by atoms with Crippen LogP contribution in [0.2, 0.25) is 0 Å². The van der Waals surface area contributed by atoms with Crippen molar-refractivity contribution >= 4 is 17.7 Å². The van der Waals surface area contributed by atoms with E-state index in [4.69, 9.17) is 0 Å². The number of hydrogen-bond donors (Lipinski definition) is 1. The summed E-state index contributed by atoms with van der Waals surface area (Å²) >= 11 is 0. The highest BCUT2D eigenvalue weighted by Gasteiger charge is 2.55. The van der Waals surface area contributed by atoms with Crippen LogP contribution in [0.25, 0.3) is 0 Å². The van der Waals surface area contributed by atoms with Gasteiger partial charge in [0.05, 0.1) is 7.11 Å². The second kappa shape index (κ2) is 4.92. The fourth-order valence-electron chi connectivity index (χ4n) is 1.46. The van der Waals surface area contributed by atoms with Gasteiger partial charge in [-0.3, -0.25) is 14.4 Å². The summed E-state index contributed by atoms with van der Waals surface area (Å²) in [5.74, 6) is -1.28. The molecule has 0 aromatic heterocycles. The molecule has 1 saturated carbocycles. The molecule has 88 valence electrons. The van der Waals surface area contributed by atoms with Gasteiger partial charge in [0.15, 0.2) is 5.78 Å². The lowest BCUT2D eigenvalue weighted by molar-refractivity contribution is -0.145. The summed E-state index contributed by atoms with van der Waals surface area (Å²) in [7, 11) is 1.22. The van der Waals surface area contributed by atoms with E-state index < -0.39 is 11.4 Å². The van der Waals surface area contributed by atoms with Crippen LogP contribution in [-0.2, 0) is 19.1 Å². The number of ether oxygens (including phenoxy) is 1. The van der Waals surface area contributed by atoms with Crippen molar-refractivity contribution in [3.63, 3.8) is 0 Å². The van der Waals surface area contributed by atoms with Crippen molar-refractivity contribution < 1.29 is 19.1 Å². The third kappa shape index (κ3) is 2.48. The Labute approximate surface area is 93.8 Å². The first kappa shape index (κ1) is 12.4. The maximum Gasteiger partial charge on any atom is 0.313 e. The normalized spacial score (nSPS) is 16.1. The lowest BCUT2D eigenvalue weighted by Gasteiger charge is -2.12. The number of rotatable bonds is 6. The van der Waals surface area contributed by atoms with E-state index >= 15 is 0 Å². The van der Waals surface area contributed by atoms with Crippen LogP contribution in [0.1, 0.15) is 19.3 Å². The molecule has 5 nitrogen and oxygen atoms in total. The Morgan fingerprint density at radius 2 is 2.06 bits per heavy atom. The van der Waals surface area contributed by atoms with Crippen LogP contribution in [0.4, 0.5) is 0 Å². The summed E-state index contributed by atoms with van der Waals surface area (Å²) in [6.45, 7) is 3.79. The van der Waals surface area contributed by atoms with Gasteiger partial charge in [-0.05, 0) is 12.8 Å². The quantitative estimate of drug-likeness (QED) is 0.398. The van der Waals surface area contributed by atoms with E-state index in [1.54, 1.807) is 6.08 Å². The molecule has 0 radical (unpaired) electrons. The summed E-state index contributed by atoms with van der Waals surface area (Å²) in [5.41, 5.74) is -0.989. The Kier molecular flexibility index (Phi) is 3.82. The molecular formula is C11H15NO4. The van der Waals surface area contributed by atoms with Crippen molar-refractivity contribution in [2.45, 2.75) is 19.3 Å². The van der Waals surface area contributed by atoms with Crippen LogP contribution in [-0.4, -0.2) is 31.3 Å². The van der Waals surface area contributed by atoms with Gasteiger partial charge in [-0.2, -0.15) is 0 Å². The van der Waals surface area contributed by atoms with E-state index in [2.05, 4.69) is 16.6 Å². The largest absolute Gasteiger partial charge is 0.469 e. The first-order chi connectivity index (χ1) is 7.56. The lowest BCUT2D eigenvalue weighted by Crippen LogP contribution is -2.37. The molecule has 1 fully saturated rings. The highest BCUT2D eigenvalue weighted by Crippen LogP contribution is 2.47. The van der Waals surface area contributed by atoms with Gasteiger partial charge in [-0.1, -0.05) is 6.08 Å². The van der Waals surface area contributed by atoms with Crippen molar-refractivity contribution in [1.29, 1.82) is 0 Å². The number of amides is 1. The number of methoxy groups -OCH3 is 1. The zero-order valence-electron chi connectivity index (χ0n) is 9.25. The zero-order valence-corrected chi connectivity index (χ0v) is 9.25. The summed E-state index contributed by atoms with van der Waals surface area (Å²) in [5, 5.41) is 2.58. The second-order valence-electron chi connectivity index (χ2n) is 3.76. The summed E-state index contributed by atoms with van der Waals surface area (Å²) < 4.78 is 4.40. The average molecular weight is 225 g/mol. The van der Waals surface area contributed by atoms with Crippen molar-refractivity contribution in [2.24, 2.45) is 5.41 Å². The molecule has 5 heteroatoms. The van der Waals surface area contributed by atoms with E-state index in [0.29, 0.717) is 19.4 Å². The Bertz CT molecular complexity index is 331. The molecule has 1 N–H and O–H groups in total. The molecule has 0 unspecified atom stereocenters. The molecular weight excluding hydrogens is 210 g/mol. The molecule has 1 aliphatic carbocycles. The molecule has 0 aliphatic heterocycles. The van der Waals surface area contributed by atoms with Gasteiger partial charge in [0.1, 0.15) is 11.8 Å². The minimum absolute atomic E-state index is 0.318. The van der Waals surface area contributed by atoms with E-state index in [0.717, 1.165) is 0 Å². The van der Waals surface area contributed by atoms with Gasteiger partial charge in [-0.25, -0.2) is 0 Å². The summed E-state index contributed by atoms with van der Waals surface area (Å²) in [6, 6.07) is 0. The molecule has 1 rings (SSSR count). The zero-order chi connectivity index (χ0) is 12.2. The lowest BCUT2D eigenvalue weighted by atomic mass is 9.97. The number of esters is 1. The van der Waals surface area contributed by atoms with Crippen molar-refractivity contribution in [3.05, 3.63) is 12.7 Å². The highest BCUT2D eigenvalue weighted by molar-refractivity contribution is 6.13. The third-order valence-corrected chi connectivity index (χ3v) is 2.66. The monoisotopic (exact) mass is 225 g/mol. The molecule has 0 aromatic carbocycles. The first-order valence-corrected chi connectivity index (χ1v) is 5.06. The molecule has 0 bridgehead atoms. The van der Waals surface area contributed by atoms with Gasteiger partial charge in [0.25, 0.3) is 0 Å². The first-order valence-electron chi connectivity index (χ1n) is 5.06. The molecule has 0 spiro atoms. The van der Waals surface area contributed by atoms with E-state index in [-0.39, 0.29) is 18.1 Å². The van der Waals surface area contributed by atoms with Gasteiger partial charge in [0.2, 0.25) is 5.91 Å². The van der Waals surface area contributed by atoms with Crippen LogP contribution in [0.15, 0.2) is 12.7 Å². The molecule has 0 heterocycles. The molecule has 1 amide bonds. The van der Waals surface area contributed by atoms with Crippen LogP contribution in [0, 0.1) is 5.41 Å². The number of carbonyl (C=O) groups is 3. The third-order valence-electron chi connectivity index (χ3n) is 2.66.